The van der Waals surface area contributed by atoms with Crippen LogP contribution in [-0.4, -0.2) is 33.4 Å². The van der Waals surface area contributed by atoms with E-state index in [-0.39, 0.29) is 17.9 Å². The normalized spacial score (nSPS) is 21.0. The van der Waals surface area contributed by atoms with E-state index in [0.29, 0.717) is 17.1 Å². The molecule has 2 N–H and O–H groups in total. The highest BCUT2D eigenvalue weighted by Crippen LogP contribution is 2.24. The van der Waals surface area contributed by atoms with Gasteiger partial charge in [0.1, 0.15) is 0 Å². The molecule has 22 heavy (non-hydrogen) atoms. The second-order valence-electron chi connectivity index (χ2n) is 5.62. The number of aliphatic hydroxyl groups is 1. The second-order valence-corrected chi connectivity index (χ2v) is 6.06. The van der Waals surface area contributed by atoms with Crippen LogP contribution in [0.4, 0.5) is 0 Å². The van der Waals surface area contributed by atoms with E-state index in [2.05, 4.69) is 10.4 Å². The van der Waals surface area contributed by atoms with Crippen LogP contribution in [0.1, 0.15) is 29.6 Å². The van der Waals surface area contributed by atoms with Crippen molar-refractivity contribution in [3.8, 4) is 5.69 Å². The van der Waals surface area contributed by atoms with Crippen LogP contribution in [0.3, 0.4) is 0 Å². The van der Waals surface area contributed by atoms with Crippen LogP contribution < -0.4 is 5.32 Å². The van der Waals surface area contributed by atoms with Gasteiger partial charge in [-0.05, 0) is 31.0 Å². The van der Waals surface area contributed by atoms with Crippen molar-refractivity contribution in [2.24, 2.45) is 5.92 Å². The van der Waals surface area contributed by atoms with Crippen molar-refractivity contribution in [2.75, 3.05) is 6.54 Å². The summed E-state index contributed by atoms with van der Waals surface area (Å²) in [6.07, 6.45) is 5.72. The van der Waals surface area contributed by atoms with Gasteiger partial charge in [-0.1, -0.05) is 24.1 Å². The molecule has 2 aromatic rings. The predicted octanol–water partition coefficient (Wildman–Crippen LogP) is 2.42. The summed E-state index contributed by atoms with van der Waals surface area (Å²) in [5.41, 5.74) is 1.30. The Balaban J connectivity index is 1.64. The average molecular weight is 320 g/mol. The van der Waals surface area contributed by atoms with Crippen molar-refractivity contribution in [2.45, 2.75) is 25.4 Å². The van der Waals surface area contributed by atoms with Gasteiger partial charge in [-0.2, -0.15) is 5.10 Å². The molecule has 0 spiro atoms. The Morgan fingerprint density at radius 1 is 1.45 bits per heavy atom. The minimum absolute atomic E-state index is 0.159. The Morgan fingerprint density at radius 2 is 2.32 bits per heavy atom. The first-order valence-corrected chi connectivity index (χ1v) is 7.78. The fourth-order valence-corrected chi connectivity index (χ4v) is 2.97. The zero-order valence-electron chi connectivity index (χ0n) is 12.1. The quantitative estimate of drug-likeness (QED) is 0.909. The summed E-state index contributed by atoms with van der Waals surface area (Å²) in [6, 6.07) is 7.27. The number of carbonyl (C=O) groups excluding carboxylic acids is 1. The van der Waals surface area contributed by atoms with Gasteiger partial charge in [-0.15, -0.1) is 0 Å². The van der Waals surface area contributed by atoms with Gasteiger partial charge in [-0.3, -0.25) is 4.79 Å². The van der Waals surface area contributed by atoms with Crippen LogP contribution in [0.25, 0.3) is 5.69 Å². The molecule has 2 unspecified atom stereocenters. The first-order valence-electron chi connectivity index (χ1n) is 7.40. The Morgan fingerprint density at radius 3 is 3.05 bits per heavy atom. The van der Waals surface area contributed by atoms with Crippen LogP contribution in [0.2, 0.25) is 5.02 Å². The third-order valence-electron chi connectivity index (χ3n) is 4.06. The van der Waals surface area contributed by atoms with E-state index < -0.39 is 0 Å². The molecule has 0 radical (unpaired) electrons. The van der Waals surface area contributed by atoms with Gasteiger partial charge >= 0.3 is 0 Å². The lowest BCUT2D eigenvalue weighted by Crippen LogP contribution is -2.32. The summed E-state index contributed by atoms with van der Waals surface area (Å²) < 4.78 is 1.62. The zero-order valence-corrected chi connectivity index (χ0v) is 12.8. The van der Waals surface area contributed by atoms with Gasteiger partial charge in [0.15, 0.2) is 0 Å². The third kappa shape index (κ3) is 3.31. The minimum Gasteiger partial charge on any atom is -0.393 e. The maximum atomic E-state index is 12.1. The molecular formula is C16H18ClN3O2. The Bertz CT molecular complexity index is 671. The number of rotatable bonds is 4. The SMILES string of the molecule is O=C(NCC1CCCC1O)c1cnn(-c2cccc(Cl)c2)c1. The summed E-state index contributed by atoms with van der Waals surface area (Å²) >= 11 is 5.96. The van der Waals surface area contributed by atoms with E-state index in [1.165, 1.54) is 6.20 Å². The van der Waals surface area contributed by atoms with Gasteiger partial charge in [0.25, 0.3) is 5.91 Å². The van der Waals surface area contributed by atoms with Crippen LogP contribution >= 0.6 is 11.6 Å². The van der Waals surface area contributed by atoms with Crippen molar-refractivity contribution < 1.29 is 9.90 Å². The first kappa shape index (κ1) is 15.1. The average Bonchev–Trinajstić information content (AvgIpc) is 3.14. The molecule has 6 heteroatoms. The van der Waals surface area contributed by atoms with Crippen molar-refractivity contribution in [1.29, 1.82) is 0 Å². The van der Waals surface area contributed by atoms with Gasteiger partial charge in [0, 0.05) is 23.7 Å². The fraction of sp³-hybridized carbons (Fsp3) is 0.375. The summed E-state index contributed by atoms with van der Waals surface area (Å²) in [6.45, 7) is 0.502. The first-order chi connectivity index (χ1) is 10.6. The topological polar surface area (TPSA) is 67.2 Å². The third-order valence-corrected chi connectivity index (χ3v) is 4.30. The number of nitrogens with zero attached hydrogens (tertiary/aromatic N) is 2. The lowest BCUT2D eigenvalue weighted by Gasteiger charge is -2.14. The van der Waals surface area contributed by atoms with Gasteiger partial charge in [-0.25, -0.2) is 4.68 Å². The minimum atomic E-state index is -0.297. The predicted molar refractivity (Wildman–Crippen MR) is 84.3 cm³/mol. The maximum Gasteiger partial charge on any atom is 0.254 e. The lowest BCUT2D eigenvalue weighted by atomic mass is 10.1. The molecule has 1 aliphatic rings. The highest BCUT2D eigenvalue weighted by Gasteiger charge is 2.25. The van der Waals surface area contributed by atoms with E-state index in [1.54, 1.807) is 23.0 Å². The summed E-state index contributed by atoms with van der Waals surface area (Å²) in [7, 11) is 0. The Kier molecular flexibility index (Phi) is 4.45. The summed E-state index contributed by atoms with van der Waals surface area (Å²) in [5, 5.41) is 17.5. The number of hydrogen-bond donors (Lipinski definition) is 2. The van der Waals surface area contributed by atoms with E-state index >= 15 is 0 Å². The van der Waals surface area contributed by atoms with E-state index in [1.807, 2.05) is 12.1 Å². The molecule has 0 saturated heterocycles. The molecular weight excluding hydrogens is 302 g/mol. The largest absolute Gasteiger partial charge is 0.393 e. The molecule has 2 atom stereocenters. The van der Waals surface area contributed by atoms with Gasteiger partial charge in [0.05, 0.1) is 23.6 Å². The molecule has 1 heterocycles. The van der Waals surface area contributed by atoms with Crippen molar-refractivity contribution in [1.82, 2.24) is 15.1 Å². The molecule has 5 nitrogen and oxygen atoms in total. The smallest absolute Gasteiger partial charge is 0.254 e. The number of amides is 1. The van der Waals surface area contributed by atoms with Crippen LogP contribution in [0.15, 0.2) is 36.7 Å². The number of benzene rings is 1. The van der Waals surface area contributed by atoms with E-state index in [0.717, 1.165) is 24.9 Å². The molecule has 1 aromatic carbocycles. The molecule has 1 aliphatic carbocycles. The summed E-state index contributed by atoms with van der Waals surface area (Å²) in [4.78, 5) is 12.1. The molecule has 1 aromatic heterocycles. The second kappa shape index (κ2) is 6.50. The van der Waals surface area contributed by atoms with Gasteiger partial charge in [0.2, 0.25) is 0 Å². The molecule has 1 saturated carbocycles. The number of aliphatic hydroxyl groups excluding tert-OH is 1. The highest BCUT2D eigenvalue weighted by molar-refractivity contribution is 6.30. The van der Waals surface area contributed by atoms with Crippen LogP contribution in [0.5, 0.6) is 0 Å². The standard InChI is InChI=1S/C16H18ClN3O2/c17-13-4-2-5-14(7-13)20-10-12(9-19-20)16(22)18-8-11-3-1-6-15(11)21/h2,4-5,7,9-11,15,21H,1,3,6,8H2,(H,18,22). The molecule has 1 amide bonds. The molecule has 1 fully saturated rings. The fourth-order valence-electron chi connectivity index (χ4n) is 2.78. The Labute approximate surface area is 133 Å². The monoisotopic (exact) mass is 319 g/mol. The number of hydrogen-bond acceptors (Lipinski definition) is 3. The van der Waals surface area contributed by atoms with Crippen molar-refractivity contribution in [3.63, 3.8) is 0 Å². The van der Waals surface area contributed by atoms with Gasteiger partial charge < -0.3 is 10.4 Å². The lowest BCUT2D eigenvalue weighted by molar-refractivity contribution is 0.0917. The molecule has 0 bridgehead atoms. The number of carbonyl (C=O) groups is 1. The molecule has 0 aliphatic heterocycles. The zero-order chi connectivity index (χ0) is 15.5. The van der Waals surface area contributed by atoms with Crippen LogP contribution in [-0.2, 0) is 0 Å². The van der Waals surface area contributed by atoms with Crippen LogP contribution in [0, 0.1) is 5.92 Å². The Hall–Kier alpha value is -1.85. The number of nitrogens with one attached hydrogen (secondary N) is 1. The van der Waals surface area contributed by atoms with Crippen molar-refractivity contribution in [3.05, 3.63) is 47.2 Å². The number of aromatic nitrogens is 2. The summed E-state index contributed by atoms with van der Waals surface area (Å²) in [5.74, 6) is -0.0145. The van der Waals surface area contributed by atoms with E-state index in [9.17, 15) is 9.90 Å². The molecule has 3 rings (SSSR count). The maximum absolute atomic E-state index is 12.1. The van der Waals surface area contributed by atoms with Crippen molar-refractivity contribution >= 4 is 17.5 Å². The highest BCUT2D eigenvalue weighted by atomic mass is 35.5. The van der Waals surface area contributed by atoms with E-state index in [4.69, 9.17) is 11.6 Å². The molecule has 116 valence electrons. The number of halogens is 1.